The van der Waals surface area contributed by atoms with Crippen LogP contribution in [0.25, 0.3) is 0 Å². The lowest BCUT2D eigenvalue weighted by Gasteiger charge is -2.22. The minimum absolute atomic E-state index is 0.768. The van der Waals surface area contributed by atoms with Crippen LogP contribution in [0.5, 0.6) is 0 Å². The van der Waals surface area contributed by atoms with Gasteiger partial charge in [0.05, 0.1) is 0 Å². The van der Waals surface area contributed by atoms with Gasteiger partial charge in [-0.25, -0.2) is 0 Å². The highest BCUT2D eigenvalue weighted by Gasteiger charge is 2.11. The van der Waals surface area contributed by atoms with Gasteiger partial charge in [0.2, 0.25) is 0 Å². The summed E-state index contributed by atoms with van der Waals surface area (Å²) in [6, 6.07) is 11.4. The topological polar surface area (TPSA) is 12.0 Å². The summed E-state index contributed by atoms with van der Waals surface area (Å²) in [4.78, 5) is 0. The SMILES string of the molecule is CCC.c1ccc(CNC2CCCCC2)cc1. The van der Waals surface area contributed by atoms with Gasteiger partial charge in [-0.15, -0.1) is 0 Å². The van der Waals surface area contributed by atoms with E-state index in [1.165, 1.54) is 44.1 Å². The van der Waals surface area contributed by atoms with E-state index in [1.54, 1.807) is 0 Å². The molecule has 0 heterocycles. The summed E-state index contributed by atoms with van der Waals surface area (Å²) < 4.78 is 0. The van der Waals surface area contributed by atoms with E-state index in [4.69, 9.17) is 0 Å². The van der Waals surface area contributed by atoms with Gasteiger partial charge in [0.15, 0.2) is 0 Å². The fraction of sp³-hybridized carbons (Fsp3) is 0.625. The van der Waals surface area contributed by atoms with Gasteiger partial charge >= 0.3 is 0 Å². The van der Waals surface area contributed by atoms with Crippen LogP contribution in [-0.4, -0.2) is 6.04 Å². The number of hydrogen-bond donors (Lipinski definition) is 1. The van der Waals surface area contributed by atoms with Crippen molar-refractivity contribution in [1.29, 1.82) is 0 Å². The van der Waals surface area contributed by atoms with Crippen molar-refractivity contribution in [2.24, 2.45) is 0 Å². The maximum atomic E-state index is 3.64. The zero-order valence-electron chi connectivity index (χ0n) is 11.4. The molecule has 17 heavy (non-hydrogen) atoms. The Kier molecular flexibility index (Phi) is 7.74. The molecule has 2 rings (SSSR count). The average Bonchev–Trinajstić information content (AvgIpc) is 2.40. The second-order valence-corrected chi connectivity index (χ2v) is 4.91. The Morgan fingerprint density at radius 2 is 1.59 bits per heavy atom. The normalized spacial score (nSPS) is 16.1. The van der Waals surface area contributed by atoms with Crippen LogP contribution in [0, 0.1) is 0 Å². The van der Waals surface area contributed by atoms with Gasteiger partial charge in [-0.2, -0.15) is 0 Å². The van der Waals surface area contributed by atoms with E-state index >= 15 is 0 Å². The van der Waals surface area contributed by atoms with Crippen molar-refractivity contribution in [1.82, 2.24) is 5.32 Å². The van der Waals surface area contributed by atoms with Crippen molar-refractivity contribution in [2.45, 2.75) is 65.0 Å². The van der Waals surface area contributed by atoms with Gasteiger partial charge < -0.3 is 5.32 Å². The van der Waals surface area contributed by atoms with Crippen LogP contribution in [0.3, 0.4) is 0 Å². The molecule has 1 N–H and O–H groups in total. The smallest absolute Gasteiger partial charge is 0.0208 e. The average molecular weight is 233 g/mol. The van der Waals surface area contributed by atoms with Crippen LogP contribution < -0.4 is 5.32 Å². The van der Waals surface area contributed by atoms with Crippen molar-refractivity contribution < 1.29 is 0 Å². The number of rotatable bonds is 3. The molecule has 1 aromatic rings. The van der Waals surface area contributed by atoms with E-state index in [0.29, 0.717) is 0 Å². The first-order valence-electron chi connectivity index (χ1n) is 7.14. The van der Waals surface area contributed by atoms with Crippen molar-refractivity contribution in [3.8, 4) is 0 Å². The minimum atomic E-state index is 0.768. The molecular formula is C16H27N. The minimum Gasteiger partial charge on any atom is -0.310 e. The zero-order valence-corrected chi connectivity index (χ0v) is 11.4. The zero-order chi connectivity index (χ0) is 12.3. The summed E-state index contributed by atoms with van der Waals surface area (Å²) in [5.41, 5.74) is 1.40. The molecule has 1 nitrogen and oxygen atoms in total. The van der Waals surface area contributed by atoms with Crippen LogP contribution in [0.2, 0.25) is 0 Å². The molecule has 0 radical (unpaired) electrons. The molecule has 1 saturated carbocycles. The summed E-state index contributed by atoms with van der Waals surface area (Å²) in [7, 11) is 0. The Labute approximate surface area is 107 Å². The molecule has 1 fully saturated rings. The fourth-order valence-electron chi connectivity index (χ4n) is 2.16. The van der Waals surface area contributed by atoms with Crippen molar-refractivity contribution in [2.75, 3.05) is 0 Å². The Balaban J connectivity index is 0.000000437. The van der Waals surface area contributed by atoms with Crippen LogP contribution in [0.1, 0.15) is 57.9 Å². The number of hydrogen-bond acceptors (Lipinski definition) is 1. The third-order valence-electron chi connectivity index (χ3n) is 3.04. The molecule has 1 heteroatoms. The molecule has 0 amide bonds. The van der Waals surface area contributed by atoms with Crippen molar-refractivity contribution in [3.63, 3.8) is 0 Å². The highest BCUT2D eigenvalue weighted by molar-refractivity contribution is 5.14. The van der Waals surface area contributed by atoms with Gasteiger partial charge in [-0.1, -0.05) is 69.9 Å². The molecule has 0 bridgehead atoms. The van der Waals surface area contributed by atoms with Gasteiger partial charge in [-0.05, 0) is 18.4 Å². The summed E-state index contributed by atoms with van der Waals surface area (Å²) in [5, 5.41) is 3.64. The third kappa shape index (κ3) is 6.48. The van der Waals surface area contributed by atoms with Gasteiger partial charge in [0.25, 0.3) is 0 Å². The monoisotopic (exact) mass is 233 g/mol. The first-order valence-corrected chi connectivity index (χ1v) is 7.14. The maximum absolute atomic E-state index is 3.64. The lowest BCUT2D eigenvalue weighted by Crippen LogP contribution is -2.30. The van der Waals surface area contributed by atoms with Crippen molar-refractivity contribution in [3.05, 3.63) is 35.9 Å². The van der Waals surface area contributed by atoms with Crippen LogP contribution >= 0.6 is 0 Å². The molecular weight excluding hydrogens is 206 g/mol. The lowest BCUT2D eigenvalue weighted by atomic mass is 9.95. The maximum Gasteiger partial charge on any atom is 0.0208 e. The summed E-state index contributed by atoms with van der Waals surface area (Å²) in [6.07, 6.45) is 8.24. The van der Waals surface area contributed by atoms with E-state index in [-0.39, 0.29) is 0 Å². The Bertz CT molecular complexity index is 262. The molecule has 0 atom stereocenters. The standard InChI is InChI=1S/C13H19N.C3H8/c1-3-7-12(8-4-1)11-14-13-9-5-2-6-10-13;1-3-2/h1,3-4,7-8,13-14H,2,5-6,9-11H2;3H2,1-2H3. The van der Waals surface area contributed by atoms with E-state index in [0.717, 1.165) is 12.6 Å². The van der Waals surface area contributed by atoms with Gasteiger partial charge in [0, 0.05) is 12.6 Å². The lowest BCUT2D eigenvalue weighted by molar-refractivity contribution is 0.372. The third-order valence-corrected chi connectivity index (χ3v) is 3.04. The molecule has 0 aliphatic heterocycles. The fourth-order valence-corrected chi connectivity index (χ4v) is 2.16. The van der Waals surface area contributed by atoms with Gasteiger partial charge in [-0.3, -0.25) is 0 Å². The molecule has 1 aromatic carbocycles. The van der Waals surface area contributed by atoms with Crippen LogP contribution in [0.15, 0.2) is 30.3 Å². The molecule has 0 unspecified atom stereocenters. The highest BCUT2D eigenvalue weighted by atomic mass is 14.9. The largest absolute Gasteiger partial charge is 0.310 e. The molecule has 0 saturated heterocycles. The number of nitrogens with one attached hydrogen (secondary N) is 1. The molecule has 1 aliphatic carbocycles. The molecule has 1 aliphatic rings. The first kappa shape index (κ1) is 14.2. The van der Waals surface area contributed by atoms with Crippen LogP contribution in [-0.2, 0) is 6.54 Å². The summed E-state index contributed by atoms with van der Waals surface area (Å²) in [5.74, 6) is 0. The Morgan fingerprint density at radius 3 is 2.18 bits per heavy atom. The van der Waals surface area contributed by atoms with E-state index in [1.807, 2.05) is 0 Å². The summed E-state index contributed by atoms with van der Waals surface area (Å²) in [6.45, 7) is 5.28. The molecule has 0 aromatic heterocycles. The van der Waals surface area contributed by atoms with E-state index in [2.05, 4.69) is 49.5 Å². The molecule has 96 valence electrons. The van der Waals surface area contributed by atoms with E-state index in [9.17, 15) is 0 Å². The Morgan fingerprint density at radius 1 is 1.00 bits per heavy atom. The van der Waals surface area contributed by atoms with Crippen LogP contribution in [0.4, 0.5) is 0 Å². The molecule has 0 spiro atoms. The summed E-state index contributed by atoms with van der Waals surface area (Å²) >= 11 is 0. The second kappa shape index (κ2) is 9.23. The predicted molar refractivity (Wildman–Crippen MR) is 76.1 cm³/mol. The number of benzene rings is 1. The van der Waals surface area contributed by atoms with E-state index < -0.39 is 0 Å². The Hall–Kier alpha value is -0.820. The highest BCUT2D eigenvalue weighted by Crippen LogP contribution is 2.17. The van der Waals surface area contributed by atoms with Gasteiger partial charge in [0.1, 0.15) is 0 Å². The quantitative estimate of drug-likeness (QED) is 0.809. The first-order chi connectivity index (χ1) is 8.36. The van der Waals surface area contributed by atoms with Crippen molar-refractivity contribution >= 4 is 0 Å². The second-order valence-electron chi connectivity index (χ2n) is 4.91. The predicted octanol–water partition coefficient (Wildman–Crippen LogP) is 4.53.